The number of rotatable bonds is 4. The van der Waals surface area contributed by atoms with Crippen LogP contribution in [0, 0.1) is 11.2 Å². The molecule has 1 aromatic heterocycles. The van der Waals surface area contributed by atoms with E-state index in [4.69, 9.17) is 4.74 Å². The van der Waals surface area contributed by atoms with Crippen molar-refractivity contribution in [3.8, 4) is 0 Å². The van der Waals surface area contributed by atoms with E-state index in [-0.39, 0.29) is 22.8 Å². The molecule has 0 saturated carbocycles. The van der Waals surface area contributed by atoms with Crippen molar-refractivity contribution >= 4 is 11.8 Å². The van der Waals surface area contributed by atoms with Crippen LogP contribution in [0.25, 0.3) is 0 Å². The predicted molar refractivity (Wildman–Crippen MR) is 84.8 cm³/mol. The van der Waals surface area contributed by atoms with Crippen LogP contribution < -0.4 is 0 Å². The Morgan fingerprint density at radius 1 is 1.42 bits per heavy atom. The molecule has 2 saturated heterocycles. The molecule has 0 aromatic carbocycles. The molecule has 2 aliphatic rings. The first kappa shape index (κ1) is 16.8. The Hall–Kier alpha value is -2.02. The van der Waals surface area contributed by atoms with E-state index in [1.807, 2.05) is 4.90 Å². The highest BCUT2D eigenvalue weighted by Gasteiger charge is 2.45. The minimum Gasteiger partial charge on any atom is -0.383 e. The molecule has 0 bridgehead atoms. The zero-order chi connectivity index (χ0) is 17.2. The molecule has 0 aliphatic carbocycles. The summed E-state index contributed by atoms with van der Waals surface area (Å²) < 4.78 is 18.8. The summed E-state index contributed by atoms with van der Waals surface area (Å²) in [5.74, 6) is -0.734. The summed E-state index contributed by atoms with van der Waals surface area (Å²) in [7, 11) is 1.62. The first-order valence-corrected chi connectivity index (χ1v) is 8.20. The first-order valence-electron chi connectivity index (χ1n) is 8.20. The molecule has 2 fully saturated rings. The number of aromatic nitrogens is 1. The van der Waals surface area contributed by atoms with Gasteiger partial charge >= 0.3 is 0 Å². The van der Waals surface area contributed by atoms with E-state index < -0.39 is 5.82 Å². The average Bonchev–Trinajstić information content (AvgIpc) is 2.89. The lowest BCUT2D eigenvalue weighted by Crippen LogP contribution is -2.44. The quantitative estimate of drug-likeness (QED) is 0.833. The molecule has 1 spiro atoms. The number of hydrogen-bond acceptors (Lipinski definition) is 4. The second-order valence-corrected chi connectivity index (χ2v) is 6.63. The Balaban J connectivity index is 1.61. The zero-order valence-electron chi connectivity index (χ0n) is 13.8. The van der Waals surface area contributed by atoms with Gasteiger partial charge in [-0.15, -0.1) is 0 Å². The molecule has 0 unspecified atom stereocenters. The molecule has 7 heteroatoms. The lowest BCUT2D eigenvalue weighted by atomic mass is 9.77. The van der Waals surface area contributed by atoms with Crippen LogP contribution in [0.4, 0.5) is 4.39 Å². The van der Waals surface area contributed by atoms with Crippen molar-refractivity contribution in [2.24, 2.45) is 5.41 Å². The monoisotopic (exact) mass is 335 g/mol. The third-order valence-electron chi connectivity index (χ3n) is 5.08. The van der Waals surface area contributed by atoms with Crippen LogP contribution in [0.2, 0.25) is 0 Å². The molecule has 24 heavy (non-hydrogen) atoms. The van der Waals surface area contributed by atoms with Gasteiger partial charge in [-0.1, -0.05) is 0 Å². The van der Waals surface area contributed by atoms with Gasteiger partial charge in [0, 0.05) is 51.3 Å². The van der Waals surface area contributed by atoms with Gasteiger partial charge in [-0.05, 0) is 18.9 Å². The van der Waals surface area contributed by atoms with E-state index in [1.54, 1.807) is 12.0 Å². The van der Waals surface area contributed by atoms with Crippen molar-refractivity contribution in [1.82, 2.24) is 14.8 Å². The molecule has 1 aromatic rings. The Labute approximate surface area is 140 Å². The Morgan fingerprint density at radius 3 is 2.83 bits per heavy atom. The number of halogens is 1. The molecule has 3 heterocycles. The van der Waals surface area contributed by atoms with Crippen LogP contribution >= 0.6 is 0 Å². The van der Waals surface area contributed by atoms with Gasteiger partial charge in [-0.25, -0.2) is 4.39 Å². The number of amides is 2. The van der Waals surface area contributed by atoms with Crippen molar-refractivity contribution < 1.29 is 18.7 Å². The fourth-order valence-corrected chi connectivity index (χ4v) is 3.62. The Kier molecular flexibility index (Phi) is 4.80. The van der Waals surface area contributed by atoms with Crippen LogP contribution in [0.3, 0.4) is 0 Å². The number of nitrogens with zero attached hydrogens (tertiary/aromatic N) is 3. The van der Waals surface area contributed by atoms with E-state index in [1.165, 1.54) is 12.3 Å². The van der Waals surface area contributed by atoms with E-state index in [0.29, 0.717) is 32.7 Å². The van der Waals surface area contributed by atoms with Gasteiger partial charge < -0.3 is 14.5 Å². The molecule has 130 valence electrons. The summed E-state index contributed by atoms with van der Waals surface area (Å²) in [4.78, 5) is 31.8. The van der Waals surface area contributed by atoms with Crippen LogP contribution in [-0.4, -0.2) is 66.5 Å². The van der Waals surface area contributed by atoms with Crippen molar-refractivity contribution in [2.75, 3.05) is 39.9 Å². The summed E-state index contributed by atoms with van der Waals surface area (Å²) >= 11 is 0. The maximum atomic E-state index is 13.7. The minimum atomic E-state index is -0.593. The third kappa shape index (κ3) is 3.26. The van der Waals surface area contributed by atoms with Crippen LogP contribution in [-0.2, 0) is 9.53 Å². The number of methoxy groups -OCH3 is 1. The molecule has 6 nitrogen and oxygen atoms in total. The predicted octanol–water partition coefficient (Wildman–Crippen LogP) is 1.32. The third-order valence-corrected chi connectivity index (χ3v) is 5.08. The topological polar surface area (TPSA) is 62.7 Å². The van der Waals surface area contributed by atoms with Crippen molar-refractivity contribution in [1.29, 1.82) is 0 Å². The molecular weight excluding hydrogens is 313 g/mol. The number of carbonyl (C=O) groups is 2. The van der Waals surface area contributed by atoms with Crippen LogP contribution in [0.15, 0.2) is 18.5 Å². The van der Waals surface area contributed by atoms with E-state index in [9.17, 15) is 14.0 Å². The number of ether oxygens (including phenoxy) is 1. The van der Waals surface area contributed by atoms with Gasteiger partial charge in [0.05, 0.1) is 18.4 Å². The second-order valence-electron chi connectivity index (χ2n) is 6.63. The average molecular weight is 335 g/mol. The summed E-state index contributed by atoms with van der Waals surface area (Å²) in [6.45, 7) is 2.97. The Bertz CT molecular complexity index is 629. The van der Waals surface area contributed by atoms with Crippen molar-refractivity contribution in [2.45, 2.75) is 19.3 Å². The summed E-state index contributed by atoms with van der Waals surface area (Å²) in [5.41, 5.74) is 0.00319. The molecule has 0 N–H and O–H groups in total. The van der Waals surface area contributed by atoms with Gasteiger partial charge in [-0.2, -0.15) is 0 Å². The maximum absolute atomic E-state index is 13.7. The smallest absolute Gasteiger partial charge is 0.256 e. The lowest BCUT2D eigenvalue weighted by molar-refractivity contribution is -0.128. The summed E-state index contributed by atoms with van der Waals surface area (Å²) in [6.07, 6.45) is 4.54. The summed E-state index contributed by atoms with van der Waals surface area (Å²) in [6, 6.07) is 1.41. The van der Waals surface area contributed by atoms with Gasteiger partial charge in [0.25, 0.3) is 5.91 Å². The highest BCUT2D eigenvalue weighted by atomic mass is 19.1. The second kappa shape index (κ2) is 6.84. The SMILES string of the molecule is COCCN1CC2(CCN(C(=O)c3ccncc3F)CC2)CC1=O. The Morgan fingerprint density at radius 2 is 2.17 bits per heavy atom. The summed E-state index contributed by atoms with van der Waals surface area (Å²) in [5, 5.41) is 0. The molecular formula is C17H22FN3O3. The van der Waals surface area contributed by atoms with Gasteiger partial charge in [0.15, 0.2) is 5.82 Å². The molecule has 0 atom stereocenters. The van der Waals surface area contributed by atoms with Gasteiger partial charge in [0.2, 0.25) is 5.91 Å². The highest BCUT2D eigenvalue weighted by molar-refractivity contribution is 5.94. The van der Waals surface area contributed by atoms with E-state index in [2.05, 4.69) is 4.98 Å². The largest absolute Gasteiger partial charge is 0.383 e. The normalized spacial score (nSPS) is 20.0. The molecule has 2 aliphatic heterocycles. The fourth-order valence-electron chi connectivity index (χ4n) is 3.62. The van der Waals surface area contributed by atoms with Gasteiger partial charge in [0.1, 0.15) is 0 Å². The first-order chi connectivity index (χ1) is 11.5. The number of hydrogen-bond donors (Lipinski definition) is 0. The highest BCUT2D eigenvalue weighted by Crippen LogP contribution is 2.41. The van der Waals surface area contributed by atoms with Crippen LogP contribution in [0.5, 0.6) is 0 Å². The maximum Gasteiger partial charge on any atom is 0.256 e. The lowest BCUT2D eigenvalue weighted by Gasteiger charge is -2.38. The van der Waals surface area contributed by atoms with Crippen LogP contribution in [0.1, 0.15) is 29.6 Å². The van der Waals surface area contributed by atoms with Crippen molar-refractivity contribution in [3.05, 3.63) is 29.8 Å². The van der Waals surface area contributed by atoms with Crippen molar-refractivity contribution in [3.63, 3.8) is 0 Å². The number of likely N-dealkylation sites (tertiary alicyclic amines) is 2. The fraction of sp³-hybridized carbons (Fsp3) is 0.588. The van der Waals surface area contributed by atoms with E-state index >= 15 is 0 Å². The molecule has 2 amide bonds. The van der Waals surface area contributed by atoms with Gasteiger partial charge in [-0.3, -0.25) is 14.6 Å². The zero-order valence-corrected chi connectivity index (χ0v) is 13.8. The number of pyridine rings is 1. The van der Waals surface area contributed by atoms with E-state index in [0.717, 1.165) is 25.6 Å². The molecule has 3 rings (SSSR count). The standard InChI is InChI=1S/C17H22FN3O3/c1-24-9-8-21-12-17(10-15(21)22)3-6-20(7-4-17)16(23)13-2-5-19-11-14(13)18/h2,5,11H,3-4,6-10,12H2,1H3. The minimum absolute atomic E-state index is 0.0571. The number of carbonyl (C=O) groups excluding carboxylic acids is 2. The molecule has 0 radical (unpaired) electrons. The number of piperidine rings is 1.